The number of hydrogen-bond donors (Lipinski definition) is 0. The van der Waals surface area contributed by atoms with E-state index in [1.807, 2.05) is 0 Å². The van der Waals surface area contributed by atoms with Crippen LogP contribution in [-0.2, 0) is 39.5 Å². The molecule has 0 N–H and O–H groups in total. The van der Waals surface area contributed by atoms with Crippen LogP contribution < -0.4 is 18.9 Å². The van der Waals surface area contributed by atoms with Gasteiger partial charge in [-0.2, -0.15) is 0 Å². The Balaban J connectivity index is 1.77. The lowest BCUT2D eigenvalue weighted by atomic mass is 10.2. The molecule has 0 atom stereocenters. The third-order valence-electron chi connectivity index (χ3n) is 5.12. The van der Waals surface area contributed by atoms with Gasteiger partial charge >= 0.3 is 15.2 Å². The van der Waals surface area contributed by atoms with Crippen LogP contribution in [0, 0.1) is 0 Å². The first-order chi connectivity index (χ1) is 17.4. The Bertz CT molecular complexity index is 1040. The topological polar surface area (TPSA) is 108 Å². The highest BCUT2D eigenvalue weighted by molar-refractivity contribution is 7.53. The molecule has 14 heteroatoms. The molecule has 2 aliphatic heterocycles. The van der Waals surface area contributed by atoms with Gasteiger partial charge in [-0.3, -0.25) is 9.13 Å². The second-order valence-electron chi connectivity index (χ2n) is 7.63. The van der Waals surface area contributed by atoms with Crippen molar-refractivity contribution in [3.8, 4) is 32.8 Å². The number of hydrogen-bond acceptors (Lipinski definition) is 12. The molecule has 0 radical (unpaired) electrons. The fraction of sp³-hybridized carbons (Fsp3) is 0.636. The van der Waals surface area contributed by atoms with Crippen molar-refractivity contribution < 1.29 is 46.2 Å². The van der Waals surface area contributed by atoms with E-state index in [0.29, 0.717) is 59.2 Å². The Morgan fingerprint density at radius 3 is 1.19 bits per heavy atom. The number of fused-ring (bicyclic) bond motifs is 2. The molecule has 2 aliphatic rings. The highest BCUT2D eigenvalue weighted by Gasteiger charge is 2.37. The molecule has 0 fully saturated rings. The van der Waals surface area contributed by atoms with Crippen molar-refractivity contribution in [1.82, 2.24) is 0 Å². The van der Waals surface area contributed by atoms with E-state index < -0.39 is 15.2 Å². The quantitative estimate of drug-likeness (QED) is 0.241. The van der Waals surface area contributed by atoms with E-state index in [0.717, 1.165) is 9.75 Å². The van der Waals surface area contributed by atoms with Crippen molar-refractivity contribution in [1.29, 1.82) is 0 Å². The van der Waals surface area contributed by atoms with Crippen LogP contribution in [0.3, 0.4) is 0 Å². The van der Waals surface area contributed by atoms with Crippen molar-refractivity contribution in [2.24, 2.45) is 0 Å². The lowest BCUT2D eigenvalue weighted by Crippen LogP contribution is -2.16. The zero-order valence-corrected chi connectivity index (χ0v) is 24.3. The second-order valence-corrected chi connectivity index (χ2v) is 13.9. The van der Waals surface area contributed by atoms with Crippen LogP contribution in [0.15, 0.2) is 0 Å². The minimum Gasteiger partial charge on any atom is -0.485 e. The molecule has 0 aromatic carbocycles. The van der Waals surface area contributed by atoms with E-state index in [9.17, 15) is 9.13 Å². The molecular weight excluding hydrogens is 550 g/mol. The fourth-order valence-corrected chi connectivity index (χ4v) is 10.6. The van der Waals surface area contributed by atoms with Gasteiger partial charge in [-0.1, -0.05) is 0 Å². The minimum atomic E-state index is -3.37. The zero-order chi connectivity index (χ0) is 25.8. The minimum absolute atomic E-state index is 0.0622. The average molecular weight is 583 g/mol. The summed E-state index contributed by atoms with van der Waals surface area (Å²) in [5.74, 6) is 2.19. The Kier molecular flexibility index (Phi) is 9.44. The molecular formula is C22H32O10P2S2. The molecule has 0 spiro atoms. The van der Waals surface area contributed by atoms with Crippen molar-refractivity contribution in [3.63, 3.8) is 0 Å². The summed E-state index contributed by atoms with van der Waals surface area (Å²) < 4.78 is 72.6. The summed E-state index contributed by atoms with van der Waals surface area (Å²) in [7, 11) is -6.75. The third-order valence-corrected chi connectivity index (χ3v) is 12.0. The summed E-state index contributed by atoms with van der Waals surface area (Å²) in [5.41, 5.74) is 0. The zero-order valence-electron chi connectivity index (χ0n) is 20.9. The van der Waals surface area contributed by atoms with E-state index in [4.69, 9.17) is 37.0 Å². The molecule has 0 aliphatic carbocycles. The van der Waals surface area contributed by atoms with E-state index >= 15 is 0 Å². The fourth-order valence-electron chi connectivity index (χ4n) is 3.92. The SMILES string of the molecule is CCOP(=O)(Cc1sc(-c2sc(CP(=O)(OCC)OCC)c3c2OCCO3)c2c1OCCO2)OCC. The summed E-state index contributed by atoms with van der Waals surface area (Å²) in [4.78, 5) is 2.94. The van der Waals surface area contributed by atoms with Crippen LogP contribution >= 0.6 is 37.9 Å². The van der Waals surface area contributed by atoms with Crippen LogP contribution in [0.1, 0.15) is 37.4 Å². The molecule has 36 heavy (non-hydrogen) atoms. The molecule has 0 saturated carbocycles. The maximum absolute atomic E-state index is 13.3. The first kappa shape index (κ1) is 27.9. The van der Waals surface area contributed by atoms with Crippen molar-refractivity contribution >= 4 is 37.9 Å². The monoisotopic (exact) mass is 582 g/mol. The molecule has 0 saturated heterocycles. The van der Waals surface area contributed by atoms with Gasteiger partial charge in [0.15, 0.2) is 23.0 Å². The predicted molar refractivity (Wildman–Crippen MR) is 139 cm³/mol. The van der Waals surface area contributed by atoms with Crippen LogP contribution in [0.2, 0.25) is 0 Å². The van der Waals surface area contributed by atoms with Crippen LogP contribution in [-0.4, -0.2) is 52.9 Å². The summed E-state index contributed by atoms with van der Waals surface area (Å²) in [5, 5.41) is 0. The van der Waals surface area contributed by atoms with Gasteiger partial charge in [-0.05, 0) is 27.7 Å². The molecule has 10 nitrogen and oxygen atoms in total. The van der Waals surface area contributed by atoms with Crippen molar-refractivity contribution in [2.45, 2.75) is 40.0 Å². The van der Waals surface area contributed by atoms with E-state index in [2.05, 4.69) is 0 Å². The van der Waals surface area contributed by atoms with E-state index in [1.54, 1.807) is 27.7 Å². The van der Waals surface area contributed by atoms with Gasteiger partial charge in [0.05, 0.1) is 58.3 Å². The molecule has 4 rings (SSSR count). The standard InChI is InChI=1S/C22H32O10P2S2/c1-5-29-33(23,30-6-2)13-15-17-19(27-11-9-25-17)21(35-15)22-20-18(26-10-12-28-20)16(36-22)14-34(24,31-7-3)32-8-4/h5-14H2,1-4H3. The van der Waals surface area contributed by atoms with Crippen molar-refractivity contribution in [3.05, 3.63) is 9.75 Å². The van der Waals surface area contributed by atoms with E-state index in [1.165, 1.54) is 22.7 Å². The lowest BCUT2D eigenvalue weighted by molar-refractivity contribution is 0.170. The highest BCUT2D eigenvalue weighted by Crippen LogP contribution is 2.63. The maximum atomic E-state index is 13.3. The van der Waals surface area contributed by atoms with Crippen LogP contribution in [0.25, 0.3) is 9.75 Å². The molecule has 2 aromatic heterocycles. The summed E-state index contributed by atoms with van der Waals surface area (Å²) in [6.07, 6.45) is 0.124. The molecule has 0 bridgehead atoms. The molecule has 4 heterocycles. The normalized spacial score (nSPS) is 15.3. The summed E-state index contributed by atoms with van der Waals surface area (Å²) >= 11 is 2.79. The Labute approximate surface area is 219 Å². The Morgan fingerprint density at radius 2 is 0.889 bits per heavy atom. The summed E-state index contributed by atoms with van der Waals surface area (Å²) in [6, 6.07) is 0. The number of rotatable bonds is 13. The van der Waals surface area contributed by atoms with Crippen LogP contribution in [0.5, 0.6) is 23.0 Å². The third kappa shape index (κ3) is 5.97. The van der Waals surface area contributed by atoms with Gasteiger partial charge in [0, 0.05) is 0 Å². The van der Waals surface area contributed by atoms with Gasteiger partial charge in [-0.25, -0.2) is 0 Å². The number of thiophene rings is 2. The Hall–Kier alpha value is -1.10. The predicted octanol–water partition coefficient (Wildman–Crippen LogP) is 6.55. The second kappa shape index (κ2) is 12.2. The highest BCUT2D eigenvalue weighted by atomic mass is 32.1. The van der Waals surface area contributed by atoms with Gasteiger partial charge in [0.1, 0.15) is 26.4 Å². The first-order valence-corrected chi connectivity index (χ1v) is 17.0. The molecule has 0 unspecified atom stereocenters. The van der Waals surface area contributed by atoms with E-state index in [-0.39, 0.29) is 38.8 Å². The van der Waals surface area contributed by atoms with Gasteiger partial charge in [0.2, 0.25) is 0 Å². The maximum Gasteiger partial charge on any atom is 0.335 e. The largest absolute Gasteiger partial charge is 0.485 e. The number of ether oxygens (including phenoxy) is 4. The smallest absolute Gasteiger partial charge is 0.335 e. The average Bonchev–Trinajstić information content (AvgIpc) is 3.38. The molecule has 2 aromatic rings. The Morgan fingerprint density at radius 1 is 0.583 bits per heavy atom. The summed E-state index contributed by atoms with van der Waals surface area (Å²) in [6.45, 7) is 9.69. The van der Waals surface area contributed by atoms with Crippen molar-refractivity contribution in [2.75, 3.05) is 52.9 Å². The first-order valence-electron chi connectivity index (χ1n) is 12.0. The van der Waals surface area contributed by atoms with Gasteiger partial charge < -0.3 is 37.0 Å². The lowest BCUT2D eigenvalue weighted by Gasteiger charge is -2.20. The molecule has 202 valence electrons. The van der Waals surface area contributed by atoms with Gasteiger partial charge in [-0.15, -0.1) is 22.7 Å². The van der Waals surface area contributed by atoms with Gasteiger partial charge in [0.25, 0.3) is 0 Å². The van der Waals surface area contributed by atoms with Crippen LogP contribution in [0.4, 0.5) is 0 Å². The molecule has 0 amide bonds.